The van der Waals surface area contributed by atoms with Crippen molar-refractivity contribution in [2.24, 2.45) is 11.8 Å². The van der Waals surface area contributed by atoms with Crippen LogP contribution >= 0.6 is 0 Å². The molecule has 0 unspecified atom stereocenters. The van der Waals surface area contributed by atoms with Crippen molar-refractivity contribution in [3.63, 3.8) is 0 Å². The van der Waals surface area contributed by atoms with E-state index in [2.05, 4.69) is 36.0 Å². The third-order valence-corrected chi connectivity index (χ3v) is 4.72. The van der Waals surface area contributed by atoms with E-state index in [1.165, 1.54) is 19.4 Å². The molecule has 0 aromatic carbocycles. The van der Waals surface area contributed by atoms with Gasteiger partial charge < -0.3 is 15.1 Å². The highest BCUT2D eigenvalue weighted by Gasteiger charge is 2.27. The van der Waals surface area contributed by atoms with Crippen molar-refractivity contribution in [2.75, 3.05) is 39.8 Å². The summed E-state index contributed by atoms with van der Waals surface area (Å²) in [7, 11) is 2.20. The van der Waals surface area contributed by atoms with E-state index >= 15 is 0 Å². The summed E-state index contributed by atoms with van der Waals surface area (Å²) in [5, 5.41) is 3.23. The molecule has 4 nitrogen and oxygen atoms in total. The highest BCUT2D eigenvalue weighted by molar-refractivity contribution is 5.76. The molecule has 4 heteroatoms. The van der Waals surface area contributed by atoms with Gasteiger partial charge >= 0.3 is 0 Å². The first kappa shape index (κ1) is 14.8. The number of hydrogen-bond acceptors (Lipinski definition) is 3. The molecule has 2 aliphatic rings. The highest BCUT2D eigenvalue weighted by Crippen LogP contribution is 2.20. The normalized spacial score (nSPS) is 22.1. The number of carbonyl (C=O) groups is 1. The minimum Gasteiger partial charge on any atom is -0.343 e. The van der Waals surface area contributed by atoms with E-state index in [1.807, 2.05) is 0 Å². The zero-order valence-electron chi connectivity index (χ0n) is 12.7. The van der Waals surface area contributed by atoms with Crippen molar-refractivity contribution >= 4 is 5.91 Å². The molecule has 1 N–H and O–H groups in total. The van der Waals surface area contributed by atoms with Crippen molar-refractivity contribution in [3.05, 3.63) is 0 Å². The molecule has 1 amide bonds. The van der Waals surface area contributed by atoms with Gasteiger partial charge in [-0.05, 0) is 58.7 Å². The van der Waals surface area contributed by atoms with E-state index in [0.717, 1.165) is 38.5 Å². The van der Waals surface area contributed by atoms with Gasteiger partial charge in [-0.2, -0.15) is 0 Å². The van der Waals surface area contributed by atoms with Crippen molar-refractivity contribution in [1.82, 2.24) is 15.1 Å². The molecular formula is C15H29N3O. The maximum Gasteiger partial charge on any atom is 0.222 e. The molecule has 19 heavy (non-hydrogen) atoms. The summed E-state index contributed by atoms with van der Waals surface area (Å²) in [6.07, 6.45) is 3.10. The number of likely N-dealkylation sites (tertiary alicyclic amines) is 1. The number of rotatable bonds is 5. The lowest BCUT2D eigenvalue weighted by molar-refractivity contribution is -0.134. The third kappa shape index (κ3) is 4.18. The first-order valence-electron chi connectivity index (χ1n) is 7.75. The molecule has 0 atom stereocenters. The molecule has 2 aliphatic heterocycles. The lowest BCUT2D eigenvalue weighted by atomic mass is 9.94. The summed E-state index contributed by atoms with van der Waals surface area (Å²) >= 11 is 0. The molecular weight excluding hydrogens is 238 g/mol. The molecule has 2 saturated heterocycles. The molecule has 110 valence electrons. The van der Waals surface area contributed by atoms with Gasteiger partial charge in [0.1, 0.15) is 0 Å². The van der Waals surface area contributed by atoms with Crippen LogP contribution < -0.4 is 5.32 Å². The maximum absolute atomic E-state index is 12.1. The number of nitrogens with one attached hydrogen (secondary N) is 1. The van der Waals surface area contributed by atoms with E-state index in [9.17, 15) is 4.79 Å². The highest BCUT2D eigenvalue weighted by atomic mass is 16.2. The molecule has 0 radical (unpaired) electrons. The standard InChI is InChI=1S/C15H29N3O/c1-12(2)17(3)11-13-4-6-18(7-5-13)15(19)8-14-9-16-10-14/h12-14,16H,4-11H2,1-3H3. The quantitative estimate of drug-likeness (QED) is 0.812. The Labute approximate surface area is 117 Å². The van der Waals surface area contributed by atoms with E-state index < -0.39 is 0 Å². The Morgan fingerprint density at radius 2 is 1.89 bits per heavy atom. The van der Waals surface area contributed by atoms with Gasteiger partial charge in [-0.15, -0.1) is 0 Å². The summed E-state index contributed by atoms with van der Waals surface area (Å²) in [6.45, 7) is 9.65. The van der Waals surface area contributed by atoms with Crippen LogP contribution in [0, 0.1) is 11.8 Å². The topological polar surface area (TPSA) is 35.6 Å². The van der Waals surface area contributed by atoms with Crippen LogP contribution in [-0.2, 0) is 4.79 Å². The van der Waals surface area contributed by atoms with Crippen molar-refractivity contribution in [3.8, 4) is 0 Å². The molecule has 0 bridgehead atoms. The van der Waals surface area contributed by atoms with E-state index in [-0.39, 0.29) is 0 Å². The van der Waals surface area contributed by atoms with E-state index in [0.29, 0.717) is 17.9 Å². The molecule has 0 aliphatic carbocycles. The van der Waals surface area contributed by atoms with Crippen LogP contribution in [0.25, 0.3) is 0 Å². The molecule has 0 aromatic heterocycles. The Morgan fingerprint density at radius 1 is 1.26 bits per heavy atom. The monoisotopic (exact) mass is 267 g/mol. The van der Waals surface area contributed by atoms with Gasteiger partial charge in [0.25, 0.3) is 0 Å². The van der Waals surface area contributed by atoms with Gasteiger partial charge in [0.2, 0.25) is 5.91 Å². The second-order valence-electron chi connectivity index (χ2n) is 6.59. The van der Waals surface area contributed by atoms with Crippen LogP contribution in [0.1, 0.15) is 33.1 Å². The van der Waals surface area contributed by atoms with Crippen molar-refractivity contribution < 1.29 is 4.79 Å². The van der Waals surface area contributed by atoms with Crippen LogP contribution in [-0.4, -0.2) is 61.5 Å². The fourth-order valence-corrected chi connectivity index (χ4v) is 2.85. The van der Waals surface area contributed by atoms with Gasteiger partial charge in [0.15, 0.2) is 0 Å². The van der Waals surface area contributed by atoms with Gasteiger partial charge in [-0.25, -0.2) is 0 Å². The average molecular weight is 267 g/mol. The number of nitrogens with zero attached hydrogens (tertiary/aromatic N) is 2. The molecule has 0 aromatic rings. The molecule has 0 saturated carbocycles. The Kier molecular flexibility index (Phi) is 5.22. The number of carbonyl (C=O) groups excluding carboxylic acids is 1. The number of hydrogen-bond donors (Lipinski definition) is 1. The van der Waals surface area contributed by atoms with Crippen LogP contribution in [0.5, 0.6) is 0 Å². The molecule has 2 rings (SSSR count). The van der Waals surface area contributed by atoms with Crippen molar-refractivity contribution in [1.29, 1.82) is 0 Å². The van der Waals surface area contributed by atoms with Crippen LogP contribution in [0.4, 0.5) is 0 Å². The zero-order valence-corrected chi connectivity index (χ0v) is 12.7. The Balaban J connectivity index is 1.68. The Hall–Kier alpha value is -0.610. The predicted octanol–water partition coefficient (Wildman–Crippen LogP) is 1.17. The maximum atomic E-state index is 12.1. The van der Waals surface area contributed by atoms with E-state index in [4.69, 9.17) is 0 Å². The lowest BCUT2D eigenvalue weighted by Gasteiger charge is -2.36. The molecule has 2 heterocycles. The fourth-order valence-electron chi connectivity index (χ4n) is 2.85. The third-order valence-electron chi connectivity index (χ3n) is 4.72. The second-order valence-corrected chi connectivity index (χ2v) is 6.59. The molecule has 0 spiro atoms. The first-order chi connectivity index (χ1) is 9.06. The van der Waals surface area contributed by atoms with E-state index in [1.54, 1.807) is 0 Å². The summed E-state index contributed by atoms with van der Waals surface area (Å²) in [6, 6.07) is 0.616. The summed E-state index contributed by atoms with van der Waals surface area (Å²) in [5.74, 6) is 1.74. The van der Waals surface area contributed by atoms with Gasteiger partial charge in [-0.1, -0.05) is 0 Å². The minimum absolute atomic E-state index is 0.377. The SMILES string of the molecule is CC(C)N(C)CC1CCN(C(=O)CC2CNC2)CC1. The van der Waals surface area contributed by atoms with Crippen LogP contribution in [0.2, 0.25) is 0 Å². The summed E-state index contributed by atoms with van der Waals surface area (Å²) < 4.78 is 0. The average Bonchev–Trinajstić information content (AvgIpc) is 2.34. The van der Waals surface area contributed by atoms with Crippen LogP contribution in [0.3, 0.4) is 0 Å². The Bertz CT molecular complexity index is 294. The number of amides is 1. The lowest BCUT2D eigenvalue weighted by Crippen LogP contribution is -2.47. The minimum atomic E-state index is 0.377. The fraction of sp³-hybridized carbons (Fsp3) is 0.933. The zero-order chi connectivity index (χ0) is 13.8. The van der Waals surface area contributed by atoms with Gasteiger partial charge in [-0.3, -0.25) is 4.79 Å². The Morgan fingerprint density at radius 3 is 2.37 bits per heavy atom. The molecule has 2 fully saturated rings. The largest absolute Gasteiger partial charge is 0.343 e. The van der Waals surface area contributed by atoms with Gasteiger partial charge in [0, 0.05) is 32.1 Å². The second kappa shape index (κ2) is 6.71. The smallest absolute Gasteiger partial charge is 0.222 e. The van der Waals surface area contributed by atoms with Crippen LogP contribution in [0.15, 0.2) is 0 Å². The summed E-state index contributed by atoms with van der Waals surface area (Å²) in [5.41, 5.74) is 0. The first-order valence-corrected chi connectivity index (χ1v) is 7.75. The van der Waals surface area contributed by atoms with Crippen molar-refractivity contribution in [2.45, 2.75) is 39.2 Å². The number of piperidine rings is 1. The summed E-state index contributed by atoms with van der Waals surface area (Å²) in [4.78, 5) is 16.6. The van der Waals surface area contributed by atoms with Gasteiger partial charge in [0.05, 0.1) is 0 Å². The predicted molar refractivity (Wildman–Crippen MR) is 78.0 cm³/mol.